The molecule has 0 spiro atoms. The van der Waals surface area contributed by atoms with Gasteiger partial charge in [-0.1, -0.05) is 0 Å². The van der Waals surface area contributed by atoms with Crippen LogP contribution in [-0.2, 0) is 9.47 Å². The smallest absolute Gasteiger partial charge is 0.338 e. The monoisotopic (exact) mass is 280 g/mol. The van der Waals surface area contributed by atoms with E-state index in [-0.39, 0.29) is 5.97 Å². The summed E-state index contributed by atoms with van der Waals surface area (Å²) in [7, 11) is 1.67. The van der Waals surface area contributed by atoms with E-state index in [0.29, 0.717) is 30.5 Å². The average Bonchev–Trinajstić information content (AvgIpc) is 2.40. The summed E-state index contributed by atoms with van der Waals surface area (Å²) in [5.41, 5.74) is 8.03. The highest BCUT2D eigenvalue weighted by molar-refractivity contribution is 5.92. The second kappa shape index (κ2) is 7.75. The Hall–Kier alpha value is -1.75. The lowest BCUT2D eigenvalue weighted by atomic mass is 10.1. The minimum atomic E-state index is -0.348. The van der Waals surface area contributed by atoms with Crippen LogP contribution in [0, 0.1) is 0 Å². The molecule has 1 rings (SSSR count). The number of hydrogen-bond donors (Lipinski definition) is 1. The molecule has 1 aromatic rings. The summed E-state index contributed by atoms with van der Waals surface area (Å²) >= 11 is 0. The quantitative estimate of drug-likeness (QED) is 0.613. The molecule has 1 aromatic carbocycles. The number of methoxy groups -OCH3 is 1. The van der Waals surface area contributed by atoms with E-state index in [1.54, 1.807) is 26.2 Å². The summed E-state index contributed by atoms with van der Waals surface area (Å²) in [6.45, 7) is 7.68. The Kier molecular flexibility index (Phi) is 6.31. The van der Waals surface area contributed by atoms with Crippen molar-refractivity contribution in [2.75, 3.05) is 37.5 Å². The molecule has 0 aliphatic rings. The minimum absolute atomic E-state index is 0.292. The fraction of sp³-hybridized carbons (Fsp3) is 0.533. The topological polar surface area (TPSA) is 64.8 Å². The number of nitrogens with two attached hydrogens (primary N) is 1. The predicted octanol–water partition coefficient (Wildman–Crippen LogP) is 2.31. The molecule has 0 saturated carbocycles. The Morgan fingerprint density at radius 1 is 1.40 bits per heavy atom. The molecule has 5 nitrogen and oxygen atoms in total. The molecule has 0 saturated heterocycles. The lowest BCUT2D eigenvalue weighted by Crippen LogP contribution is -2.34. The maximum Gasteiger partial charge on any atom is 0.338 e. The van der Waals surface area contributed by atoms with E-state index >= 15 is 0 Å². The van der Waals surface area contributed by atoms with Gasteiger partial charge in [0.2, 0.25) is 0 Å². The van der Waals surface area contributed by atoms with Gasteiger partial charge in [-0.15, -0.1) is 0 Å². The number of anilines is 2. The van der Waals surface area contributed by atoms with Gasteiger partial charge in [0, 0.05) is 19.7 Å². The Morgan fingerprint density at radius 2 is 2.10 bits per heavy atom. The van der Waals surface area contributed by atoms with Gasteiger partial charge in [0.15, 0.2) is 0 Å². The Bertz CT molecular complexity index is 447. The van der Waals surface area contributed by atoms with Gasteiger partial charge in [-0.25, -0.2) is 4.79 Å². The van der Waals surface area contributed by atoms with Crippen molar-refractivity contribution in [2.24, 2.45) is 0 Å². The molecule has 112 valence electrons. The molecule has 0 unspecified atom stereocenters. The van der Waals surface area contributed by atoms with Gasteiger partial charge in [-0.05, 0) is 39.0 Å². The third-order valence-corrected chi connectivity index (χ3v) is 3.01. The van der Waals surface area contributed by atoms with E-state index in [2.05, 4.69) is 18.7 Å². The largest absolute Gasteiger partial charge is 0.462 e. The molecule has 0 bridgehead atoms. The van der Waals surface area contributed by atoms with Gasteiger partial charge in [0.05, 0.1) is 30.2 Å². The number of nitrogen functional groups attached to an aromatic ring is 1. The molecule has 0 aliphatic heterocycles. The van der Waals surface area contributed by atoms with Gasteiger partial charge in [0.1, 0.15) is 0 Å². The summed E-state index contributed by atoms with van der Waals surface area (Å²) in [6, 6.07) is 5.56. The first kappa shape index (κ1) is 16.3. The highest BCUT2D eigenvalue weighted by Crippen LogP contribution is 2.26. The minimum Gasteiger partial charge on any atom is -0.462 e. The van der Waals surface area contributed by atoms with Crippen molar-refractivity contribution in [2.45, 2.75) is 26.8 Å². The van der Waals surface area contributed by atoms with Crippen LogP contribution in [0.3, 0.4) is 0 Å². The molecule has 20 heavy (non-hydrogen) atoms. The fourth-order valence-corrected chi connectivity index (χ4v) is 2.00. The molecule has 0 radical (unpaired) electrons. The van der Waals surface area contributed by atoms with E-state index in [4.69, 9.17) is 15.2 Å². The number of hydrogen-bond acceptors (Lipinski definition) is 5. The van der Waals surface area contributed by atoms with Crippen LogP contribution in [0.15, 0.2) is 18.2 Å². The zero-order chi connectivity index (χ0) is 15.1. The van der Waals surface area contributed by atoms with Crippen molar-refractivity contribution in [1.29, 1.82) is 0 Å². The summed E-state index contributed by atoms with van der Waals surface area (Å²) < 4.78 is 10.1. The number of nitrogens with zero attached hydrogens (tertiary/aromatic N) is 1. The van der Waals surface area contributed by atoms with E-state index < -0.39 is 0 Å². The second-order valence-corrected chi connectivity index (χ2v) is 4.77. The first-order chi connectivity index (χ1) is 9.51. The Morgan fingerprint density at radius 3 is 2.60 bits per heavy atom. The first-order valence-corrected chi connectivity index (χ1v) is 6.83. The van der Waals surface area contributed by atoms with Gasteiger partial charge in [-0.2, -0.15) is 0 Å². The maximum absolute atomic E-state index is 11.7. The first-order valence-electron chi connectivity index (χ1n) is 6.83. The van der Waals surface area contributed by atoms with Gasteiger partial charge in [0.25, 0.3) is 0 Å². The zero-order valence-electron chi connectivity index (χ0n) is 12.7. The number of rotatable bonds is 7. The van der Waals surface area contributed by atoms with Crippen LogP contribution in [0.25, 0.3) is 0 Å². The molecular weight excluding hydrogens is 256 g/mol. The molecule has 5 heteroatoms. The van der Waals surface area contributed by atoms with E-state index in [0.717, 1.165) is 12.2 Å². The van der Waals surface area contributed by atoms with Crippen LogP contribution in [0.1, 0.15) is 31.1 Å². The molecule has 0 heterocycles. The van der Waals surface area contributed by atoms with Crippen LogP contribution < -0.4 is 10.6 Å². The molecule has 0 aromatic heterocycles. The number of esters is 1. The van der Waals surface area contributed by atoms with E-state index in [9.17, 15) is 4.79 Å². The lowest BCUT2D eigenvalue weighted by molar-refractivity contribution is 0.0526. The molecule has 0 aliphatic carbocycles. The molecule has 0 atom stereocenters. The SMILES string of the molecule is CCOC(=O)c1ccc(N(CCOC)C(C)C)c(N)c1. The Labute approximate surface area is 120 Å². The third-order valence-electron chi connectivity index (χ3n) is 3.01. The van der Waals surface area contributed by atoms with Gasteiger partial charge < -0.3 is 20.1 Å². The van der Waals surface area contributed by atoms with Crippen molar-refractivity contribution in [3.05, 3.63) is 23.8 Å². The summed E-state index contributed by atoms with van der Waals surface area (Å²) in [5, 5.41) is 0. The molecule has 0 amide bonds. The van der Waals surface area contributed by atoms with Crippen LogP contribution in [0.2, 0.25) is 0 Å². The van der Waals surface area contributed by atoms with Crippen molar-refractivity contribution in [1.82, 2.24) is 0 Å². The summed E-state index contributed by atoms with van der Waals surface area (Å²) in [6.07, 6.45) is 0. The van der Waals surface area contributed by atoms with Gasteiger partial charge in [-0.3, -0.25) is 0 Å². The second-order valence-electron chi connectivity index (χ2n) is 4.77. The molecule has 2 N–H and O–H groups in total. The van der Waals surface area contributed by atoms with Crippen molar-refractivity contribution >= 4 is 17.3 Å². The number of benzene rings is 1. The van der Waals surface area contributed by atoms with E-state index in [1.807, 2.05) is 6.07 Å². The third kappa shape index (κ3) is 4.13. The highest BCUT2D eigenvalue weighted by atomic mass is 16.5. The highest BCUT2D eigenvalue weighted by Gasteiger charge is 2.15. The maximum atomic E-state index is 11.7. The normalized spacial score (nSPS) is 10.7. The molecular formula is C15H24N2O3. The predicted molar refractivity (Wildman–Crippen MR) is 81.2 cm³/mol. The van der Waals surface area contributed by atoms with Crippen molar-refractivity contribution < 1.29 is 14.3 Å². The standard InChI is InChI=1S/C15H24N2O3/c1-5-20-15(18)12-6-7-14(13(16)10-12)17(11(2)3)8-9-19-4/h6-7,10-11H,5,8-9,16H2,1-4H3. The zero-order valence-corrected chi connectivity index (χ0v) is 12.7. The average molecular weight is 280 g/mol. The number of carbonyl (C=O) groups is 1. The van der Waals surface area contributed by atoms with E-state index in [1.165, 1.54) is 0 Å². The van der Waals surface area contributed by atoms with Crippen molar-refractivity contribution in [3.63, 3.8) is 0 Å². The fourth-order valence-electron chi connectivity index (χ4n) is 2.00. The van der Waals surface area contributed by atoms with Crippen LogP contribution in [0.5, 0.6) is 0 Å². The summed E-state index contributed by atoms with van der Waals surface area (Å²) in [5.74, 6) is -0.348. The lowest BCUT2D eigenvalue weighted by Gasteiger charge is -2.30. The summed E-state index contributed by atoms with van der Waals surface area (Å²) in [4.78, 5) is 13.8. The number of ether oxygens (including phenoxy) is 2. The van der Waals surface area contributed by atoms with Crippen molar-refractivity contribution in [3.8, 4) is 0 Å². The van der Waals surface area contributed by atoms with Crippen LogP contribution in [-0.4, -0.2) is 38.9 Å². The van der Waals surface area contributed by atoms with Gasteiger partial charge >= 0.3 is 5.97 Å². The van der Waals surface area contributed by atoms with Crippen LogP contribution >= 0.6 is 0 Å². The van der Waals surface area contributed by atoms with Crippen LogP contribution in [0.4, 0.5) is 11.4 Å². The molecule has 0 fully saturated rings. The number of carbonyl (C=O) groups excluding carboxylic acids is 1. The Balaban J connectivity index is 2.97.